The topological polar surface area (TPSA) is 96.4 Å². The van der Waals surface area contributed by atoms with Gasteiger partial charge in [-0.25, -0.2) is 8.78 Å². The van der Waals surface area contributed by atoms with Crippen molar-refractivity contribution >= 4 is 29.1 Å². The number of hydrogen-bond donors (Lipinski definition) is 2. The Balaban J connectivity index is 0.807. The normalized spacial score (nSPS) is 23.7. The number of anilines is 2. The highest BCUT2D eigenvalue weighted by molar-refractivity contribution is 6.05. The van der Waals surface area contributed by atoms with E-state index in [0.717, 1.165) is 99.4 Å². The van der Waals surface area contributed by atoms with Gasteiger partial charge in [-0.15, -0.1) is 0 Å². The number of piperazine rings is 1. The lowest BCUT2D eigenvalue weighted by molar-refractivity contribution is -0.138. The molecule has 0 saturated carbocycles. The van der Waals surface area contributed by atoms with Crippen LogP contribution in [0.25, 0.3) is 0 Å². The van der Waals surface area contributed by atoms with Gasteiger partial charge in [-0.1, -0.05) is 30.3 Å². The van der Waals surface area contributed by atoms with Crippen molar-refractivity contribution in [2.75, 3.05) is 55.6 Å². The van der Waals surface area contributed by atoms with E-state index in [4.69, 9.17) is 0 Å². The van der Waals surface area contributed by atoms with Gasteiger partial charge in [-0.05, 0) is 102 Å². The monoisotopic (exact) mass is 827 g/mol. The highest BCUT2D eigenvalue weighted by atomic mass is 19.4. The molecule has 0 aromatic heterocycles. The number of phenolic OH excluding ortho intramolecular Hbond substituents is 1. The van der Waals surface area contributed by atoms with Crippen LogP contribution in [0, 0.1) is 5.92 Å². The van der Waals surface area contributed by atoms with Gasteiger partial charge in [0.1, 0.15) is 11.8 Å². The van der Waals surface area contributed by atoms with Gasteiger partial charge in [-0.3, -0.25) is 24.6 Å². The first-order valence-electron chi connectivity index (χ1n) is 20.7. The lowest BCUT2D eigenvalue weighted by Gasteiger charge is -2.40. The molecule has 9 nitrogen and oxygen atoms in total. The minimum Gasteiger partial charge on any atom is -0.508 e. The second kappa shape index (κ2) is 15.5. The zero-order chi connectivity index (χ0) is 41.9. The number of amides is 3. The molecule has 314 valence electrons. The van der Waals surface area contributed by atoms with Crippen molar-refractivity contribution < 1.29 is 41.4 Å². The number of nitrogens with one attached hydrogen (secondary N) is 1. The molecule has 3 saturated heterocycles. The van der Waals surface area contributed by atoms with Crippen LogP contribution in [0.15, 0.2) is 84.9 Å². The smallest absolute Gasteiger partial charge is 0.416 e. The molecule has 3 fully saturated rings. The summed E-state index contributed by atoms with van der Waals surface area (Å²) in [6.07, 6.45) is -2.54. The Bertz CT molecular complexity index is 2290. The van der Waals surface area contributed by atoms with Crippen LogP contribution in [0.1, 0.15) is 87.7 Å². The van der Waals surface area contributed by atoms with Gasteiger partial charge in [0, 0.05) is 99.5 Å². The van der Waals surface area contributed by atoms with Crippen LogP contribution in [0.2, 0.25) is 0 Å². The van der Waals surface area contributed by atoms with Crippen LogP contribution in [-0.4, -0.2) is 84.5 Å². The predicted molar refractivity (Wildman–Crippen MR) is 215 cm³/mol. The van der Waals surface area contributed by atoms with Crippen molar-refractivity contribution in [2.24, 2.45) is 5.92 Å². The van der Waals surface area contributed by atoms with Crippen molar-refractivity contribution in [3.63, 3.8) is 0 Å². The lowest BCUT2D eigenvalue weighted by Crippen LogP contribution is -2.52. The summed E-state index contributed by atoms with van der Waals surface area (Å²) in [7, 11) is 0. The molecule has 14 heteroatoms. The van der Waals surface area contributed by atoms with Crippen LogP contribution >= 0.6 is 0 Å². The Morgan fingerprint density at radius 2 is 1.42 bits per heavy atom. The van der Waals surface area contributed by atoms with Gasteiger partial charge in [0.05, 0.1) is 5.56 Å². The number of benzene rings is 4. The molecule has 9 rings (SSSR count). The van der Waals surface area contributed by atoms with Crippen LogP contribution in [0.5, 0.6) is 5.75 Å². The maximum atomic E-state index is 15.6. The Kier molecular flexibility index (Phi) is 10.3. The molecule has 0 unspecified atom stereocenters. The van der Waals surface area contributed by atoms with E-state index in [0.29, 0.717) is 35.6 Å². The Hall–Kier alpha value is -5.50. The van der Waals surface area contributed by atoms with Crippen LogP contribution in [0.4, 0.5) is 33.3 Å². The molecule has 0 bridgehead atoms. The summed E-state index contributed by atoms with van der Waals surface area (Å²) >= 11 is 0. The van der Waals surface area contributed by atoms with Crippen molar-refractivity contribution in [3.8, 4) is 5.75 Å². The molecule has 4 aromatic rings. The molecule has 3 atom stereocenters. The Labute approximate surface area is 344 Å². The summed E-state index contributed by atoms with van der Waals surface area (Å²) in [6, 6.07) is 21.7. The number of halogens is 5. The van der Waals surface area contributed by atoms with Crippen molar-refractivity contribution in [1.82, 2.24) is 15.1 Å². The lowest BCUT2D eigenvalue weighted by atomic mass is 9.68. The van der Waals surface area contributed by atoms with E-state index in [1.54, 1.807) is 4.90 Å². The SMILES string of the molecule is O=C1CC[C@H](N2Cc3cc(N4CCN(CC5CCN(c6ccc([C@H]7c8ccc(O)cc8C(F)(F)C[C@H]7c7ccc(C(F)(F)F)cc7)cc6)CC5)CC4)ccc3C2=O)C(=O)N1. The summed E-state index contributed by atoms with van der Waals surface area (Å²) in [6.45, 7) is 6.67. The fourth-order valence-corrected chi connectivity index (χ4v) is 10.1. The highest BCUT2D eigenvalue weighted by Crippen LogP contribution is 2.55. The fraction of sp³-hybridized carbons (Fsp3) is 0.413. The summed E-state index contributed by atoms with van der Waals surface area (Å²) < 4.78 is 71.4. The van der Waals surface area contributed by atoms with Gasteiger partial charge < -0.3 is 19.8 Å². The van der Waals surface area contributed by atoms with Gasteiger partial charge >= 0.3 is 6.18 Å². The zero-order valence-corrected chi connectivity index (χ0v) is 32.9. The first-order chi connectivity index (χ1) is 28.7. The molecule has 0 spiro atoms. The average molecular weight is 828 g/mol. The van der Waals surface area contributed by atoms with Gasteiger partial charge in [0.2, 0.25) is 11.8 Å². The third-order valence-electron chi connectivity index (χ3n) is 13.3. The first kappa shape index (κ1) is 39.9. The maximum Gasteiger partial charge on any atom is 0.416 e. The van der Waals surface area contributed by atoms with E-state index in [9.17, 15) is 32.7 Å². The number of alkyl halides is 5. The van der Waals surface area contributed by atoms with E-state index in [2.05, 4.69) is 26.1 Å². The molecule has 0 radical (unpaired) electrons. The third-order valence-corrected chi connectivity index (χ3v) is 13.3. The van der Waals surface area contributed by atoms with Gasteiger partial charge in [-0.2, -0.15) is 13.2 Å². The number of imide groups is 1. The molecular weight excluding hydrogens is 782 g/mol. The number of carbonyl (C=O) groups excluding carboxylic acids is 3. The van der Waals surface area contributed by atoms with E-state index in [-0.39, 0.29) is 29.5 Å². The summed E-state index contributed by atoms with van der Waals surface area (Å²) in [5, 5.41) is 12.5. The number of phenols is 1. The molecular formula is C46H46F5N5O4. The molecule has 4 aliphatic heterocycles. The minimum absolute atomic E-state index is 0.172. The summed E-state index contributed by atoms with van der Waals surface area (Å²) in [5.74, 6) is -5.25. The highest BCUT2D eigenvalue weighted by Gasteiger charge is 2.47. The first-order valence-corrected chi connectivity index (χ1v) is 20.7. The maximum absolute atomic E-state index is 15.6. The number of nitrogens with zero attached hydrogens (tertiary/aromatic N) is 4. The molecule has 1 aliphatic carbocycles. The largest absolute Gasteiger partial charge is 0.508 e. The predicted octanol–water partition coefficient (Wildman–Crippen LogP) is 7.62. The molecule has 2 N–H and O–H groups in total. The molecule has 3 amide bonds. The Morgan fingerprint density at radius 3 is 2.10 bits per heavy atom. The number of rotatable bonds is 7. The van der Waals surface area contributed by atoms with E-state index < -0.39 is 47.9 Å². The number of piperidine rings is 2. The average Bonchev–Trinajstić information content (AvgIpc) is 3.56. The van der Waals surface area contributed by atoms with Crippen LogP contribution in [-0.2, 0) is 28.2 Å². The van der Waals surface area contributed by atoms with Gasteiger partial charge in [0.15, 0.2) is 0 Å². The second-order valence-electron chi connectivity index (χ2n) is 16.9. The molecule has 4 heterocycles. The quantitative estimate of drug-likeness (QED) is 0.146. The van der Waals surface area contributed by atoms with Crippen molar-refractivity contribution in [3.05, 3.63) is 124 Å². The van der Waals surface area contributed by atoms with Gasteiger partial charge in [0.25, 0.3) is 11.8 Å². The zero-order valence-electron chi connectivity index (χ0n) is 32.9. The van der Waals surface area contributed by atoms with Crippen molar-refractivity contribution in [1.29, 1.82) is 0 Å². The van der Waals surface area contributed by atoms with E-state index in [1.165, 1.54) is 24.3 Å². The molecule has 60 heavy (non-hydrogen) atoms. The standard InChI is InChI=1S/C46H46F5N5O4/c47-45(48)25-38(29-1-5-32(6-2-29)46(49,50)51)42(37-12-10-35(57)24-39(37)45)30-3-7-33(8-4-30)54-17-15-28(16-18-54)26-53-19-21-55(22-20-53)34-9-11-36-31(23-34)27-56(44(36)60)40-13-14-41(58)52-43(40)59/h1-12,23-24,28,38,40,42,57H,13-22,25-27H2,(H,52,58,59)/t38-,40-,42-/m0/s1. The number of aromatic hydroxyl groups is 1. The minimum atomic E-state index is -4.54. The van der Waals surface area contributed by atoms with E-state index in [1.807, 2.05) is 36.4 Å². The second-order valence-corrected chi connectivity index (χ2v) is 16.9. The van der Waals surface area contributed by atoms with Crippen LogP contribution < -0.4 is 15.1 Å². The number of carbonyl (C=O) groups is 3. The van der Waals surface area contributed by atoms with Crippen LogP contribution in [0.3, 0.4) is 0 Å². The van der Waals surface area contributed by atoms with E-state index >= 15 is 8.78 Å². The third kappa shape index (κ3) is 7.70. The van der Waals surface area contributed by atoms with Crippen molar-refractivity contribution in [2.45, 2.75) is 68.6 Å². The summed E-state index contributed by atoms with van der Waals surface area (Å²) in [4.78, 5) is 46.0. The molecule has 5 aliphatic rings. The summed E-state index contributed by atoms with van der Waals surface area (Å²) in [5.41, 5.74) is 4.04. The number of fused-ring (bicyclic) bond motifs is 2. The molecule has 4 aromatic carbocycles. The number of hydrogen-bond acceptors (Lipinski definition) is 7. The Morgan fingerprint density at radius 1 is 0.750 bits per heavy atom. The fourth-order valence-electron chi connectivity index (χ4n) is 10.1.